The van der Waals surface area contributed by atoms with Gasteiger partial charge in [-0.25, -0.2) is 14.4 Å². The van der Waals surface area contributed by atoms with Gasteiger partial charge >= 0.3 is 0 Å². The number of carbonyl (C=O) groups is 1. The van der Waals surface area contributed by atoms with Crippen LogP contribution in [-0.2, 0) is 0 Å². The van der Waals surface area contributed by atoms with Crippen LogP contribution < -0.4 is 0 Å². The Morgan fingerprint density at radius 2 is 1.89 bits per heavy atom. The summed E-state index contributed by atoms with van der Waals surface area (Å²) >= 11 is 0. The van der Waals surface area contributed by atoms with E-state index in [1.165, 1.54) is 12.1 Å². The summed E-state index contributed by atoms with van der Waals surface area (Å²) in [7, 11) is 0. The number of amides is 1. The second-order valence-corrected chi connectivity index (χ2v) is 7.22. The molecule has 0 radical (unpaired) electrons. The molecule has 1 aliphatic heterocycles. The van der Waals surface area contributed by atoms with E-state index >= 15 is 0 Å². The maximum atomic E-state index is 13.2. The Morgan fingerprint density at radius 3 is 2.68 bits per heavy atom. The van der Waals surface area contributed by atoms with E-state index in [4.69, 9.17) is 4.98 Å². The summed E-state index contributed by atoms with van der Waals surface area (Å²) in [5.74, 6) is 0.553. The van der Waals surface area contributed by atoms with Crippen molar-refractivity contribution < 1.29 is 9.18 Å². The fourth-order valence-corrected chi connectivity index (χ4v) is 3.72. The number of halogens is 1. The van der Waals surface area contributed by atoms with Crippen molar-refractivity contribution >= 4 is 5.91 Å². The van der Waals surface area contributed by atoms with E-state index in [1.807, 2.05) is 42.2 Å². The Morgan fingerprint density at radius 1 is 1.11 bits per heavy atom. The summed E-state index contributed by atoms with van der Waals surface area (Å²) in [6, 6.07) is 15.8. The van der Waals surface area contributed by atoms with Gasteiger partial charge < -0.3 is 4.90 Å². The SMILES string of the molecule is Cc1ccccc1C(=O)N1CCCC(c2ccnc(-c3ccc(F)cc3)n2)C1. The van der Waals surface area contributed by atoms with E-state index in [9.17, 15) is 9.18 Å². The van der Waals surface area contributed by atoms with E-state index in [0.717, 1.165) is 41.8 Å². The smallest absolute Gasteiger partial charge is 0.254 e. The van der Waals surface area contributed by atoms with Crippen LogP contribution in [0, 0.1) is 12.7 Å². The molecule has 1 fully saturated rings. The summed E-state index contributed by atoms with van der Waals surface area (Å²) in [6.07, 6.45) is 3.67. The third-order valence-corrected chi connectivity index (χ3v) is 5.28. The highest BCUT2D eigenvalue weighted by Crippen LogP contribution is 2.28. The molecule has 0 aliphatic carbocycles. The van der Waals surface area contributed by atoms with Crippen molar-refractivity contribution in [1.29, 1.82) is 0 Å². The quantitative estimate of drug-likeness (QED) is 0.671. The molecule has 142 valence electrons. The molecule has 1 aliphatic rings. The van der Waals surface area contributed by atoms with Crippen LogP contribution in [0.25, 0.3) is 11.4 Å². The zero-order valence-electron chi connectivity index (χ0n) is 15.8. The summed E-state index contributed by atoms with van der Waals surface area (Å²) in [5, 5.41) is 0. The third-order valence-electron chi connectivity index (χ3n) is 5.28. The van der Waals surface area contributed by atoms with Crippen LogP contribution in [0.15, 0.2) is 60.8 Å². The van der Waals surface area contributed by atoms with Gasteiger partial charge in [0.05, 0.1) is 0 Å². The lowest BCUT2D eigenvalue weighted by molar-refractivity contribution is 0.0705. The molecular formula is C23H22FN3O. The first-order valence-corrected chi connectivity index (χ1v) is 9.55. The molecule has 1 amide bonds. The molecule has 0 bridgehead atoms. The molecule has 1 aromatic heterocycles. The van der Waals surface area contributed by atoms with Gasteiger partial charge in [0.2, 0.25) is 0 Å². The largest absolute Gasteiger partial charge is 0.338 e. The van der Waals surface area contributed by atoms with Crippen LogP contribution in [0.2, 0.25) is 0 Å². The molecule has 5 heteroatoms. The average Bonchev–Trinajstić information content (AvgIpc) is 2.74. The number of hydrogen-bond acceptors (Lipinski definition) is 3. The lowest BCUT2D eigenvalue weighted by Gasteiger charge is -2.33. The summed E-state index contributed by atoms with van der Waals surface area (Å²) < 4.78 is 13.2. The van der Waals surface area contributed by atoms with Crippen LogP contribution in [0.1, 0.15) is 40.4 Å². The van der Waals surface area contributed by atoms with Gasteiger partial charge in [-0.2, -0.15) is 0 Å². The first kappa shape index (κ1) is 18.3. The molecule has 2 heterocycles. The van der Waals surface area contributed by atoms with E-state index in [0.29, 0.717) is 12.4 Å². The number of carbonyl (C=O) groups excluding carboxylic acids is 1. The number of nitrogens with zero attached hydrogens (tertiary/aromatic N) is 3. The molecule has 1 atom stereocenters. The van der Waals surface area contributed by atoms with Crippen molar-refractivity contribution in [2.75, 3.05) is 13.1 Å². The molecule has 0 N–H and O–H groups in total. The summed E-state index contributed by atoms with van der Waals surface area (Å²) in [4.78, 5) is 23.9. The Kier molecular flexibility index (Phi) is 5.15. The molecule has 4 nitrogen and oxygen atoms in total. The predicted molar refractivity (Wildman–Crippen MR) is 106 cm³/mol. The Hall–Kier alpha value is -3.08. The number of aromatic nitrogens is 2. The average molecular weight is 375 g/mol. The number of likely N-dealkylation sites (tertiary alicyclic amines) is 1. The van der Waals surface area contributed by atoms with Gasteiger partial charge in [-0.15, -0.1) is 0 Å². The highest BCUT2D eigenvalue weighted by molar-refractivity contribution is 5.95. The van der Waals surface area contributed by atoms with Crippen LogP contribution in [0.3, 0.4) is 0 Å². The van der Waals surface area contributed by atoms with Gasteiger partial charge in [0.25, 0.3) is 5.91 Å². The van der Waals surface area contributed by atoms with E-state index < -0.39 is 0 Å². The van der Waals surface area contributed by atoms with Gasteiger partial charge in [-0.3, -0.25) is 4.79 Å². The van der Waals surface area contributed by atoms with Crippen molar-refractivity contribution in [3.63, 3.8) is 0 Å². The number of benzene rings is 2. The maximum Gasteiger partial charge on any atom is 0.254 e. The maximum absolute atomic E-state index is 13.2. The van der Waals surface area contributed by atoms with Crippen LogP contribution in [0.4, 0.5) is 4.39 Å². The molecule has 28 heavy (non-hydrogen) atoms. The molecule has 1 unspecified atom stereocenters. The Balaban J connectivity index is 1.55. The van der Waals surface area contributed by atoms with Gasteiger partial charge in [0, 0.05) is 42.0 Å². The molecule has 4 rings (SSSR count). The van der Waals surface area contributed by atoms with Crippen molar-refractivity contribution in [3.05, 3.63) is 83.4 Å². The van der Waals surface area contributed by atoms with E-state index in [-0.39, 0.29) is 17.6 Å². The fraction of sp³-hybridized carbons (Fsp3) is 0.261. The topological polar surface area (TPSA) is 46.1 Å². The predicted octanol–water partition coefficient (Wildman–Crippen LogP) is 4.61. The van der Waals surface area contributed by atoms with Crippen molar-refractivity contribution in [2.24, 2.45) is 0 Å². The Labute approximate surface area is 164 Å². The van der Waals surface area contributed by atoms with E-state index in [1.54, 1.807) is 18.3 Å². The minimum atomic E-state index is -0.280. The standard InChI is InChI=1S/C23H22FN3O/c1-16-5-2-3-7-20(16)23(28)27-14-4-6-18(15-27)21-12-13-25-22(26-21)17-8-10-19(24)11-9-17/h2-3,5,7-13,18H,4,6,14-15H2,1H3. The van der Waals surface area contributed by atoms with Crippen LogP contribution in [-0.4, -0.2) is 33.9 Å². The molecule has 3 aromatic rings. The number of hydrogen-bond donors (Lipinski definition) is 0. The fourth-order valence-electron chi connectivity index (χ4n) is 3.72. The number of piperidine rings is 1. The summed E-state index contributed by atoms with van der Waals surface area (Å²) in [6.45, 7) is 3.38. The lowest BCUT2D eigenvalue weighted by atomic mass is 9.93. The van der Waals surface area contributed by atoms with Crippen LogP contribution in [0.5, 0.6) is 0 Å². The zero-order valence-corrected chi connectivity index (χ0v) is 15.8. The molecule has 0 spiro atoms. The molecule has 0 saturated carbocycles. The minimum Gasteiger partial charge on any atom is -0.338 e. The van der Waals surface area contributed by atoms with Gasteiger partial charge in [-0.1, -0.05) is 18.2 Å². The second-order valence-electron chi connectivity index (χ2n) is 7.22. The molecule has 2 aromatic carbocycles. The monoisotopic (exact) mass is 375 g/mol. The summed E-state index contributed by atoms with van der Waals surface area (Å²) in [5.41, 5.74) is 3.47. The normalized spacial score (nSPS) is 16.8. The van der Waals surface area contributed by atoms with Crippen molar-refractivity contribution in [1.82, 2.24) is 14.9 Å². The van der Waals surface area contributed by atoms with Crippen molar-refractivity contribution in [3.8, 4) is 11.4 Å². The highest BCUT2D eigenvalue weighted by Gasteiger charge is 2.27. The first-order valence-electron chi connectivity index (χ1n) is 9.55. The highest BCUT2D eigenvalue weighted by atomic mass is 19.1. The van der Waals surface area contributed by atoms with Crippen LogP contribution >= 0.6 is 0 Å². The minimum absolute atomic E-state index is 0.0793. The zero-order chi connectivity index (χ0) is 19.5. The number of aryl methyl sites for hydroxylation is 1. The molecule has 1 saturated heterocycles. The van der Waals surface area contributed by atoms with E-state index in [2.05, 4.69) is 4.98 Å². The first-order chi connectivity index (χ1) is 13.6. The van der Waals surface area contributed by atoms with Gasteiger partial charge in [0.1, 0.15) is 5.82 Å². The third kappa shape index (κ3) is 3.79. The Bertz CT molecular complexity index is 987. The van der Waals surface area contributed by atoms with Crippen molar-refractivity contribution in [2.45, 2.75) is 25.7 Å². The number of rotatable bonds is 3. The molecular weight excluding hydrogens is 353 g/mol. The lowest BCUT2D eigenvalue weighted by Crippen LogP contribution is -2.39. The van der Waals surface area contributed by atoms with Gasteiger partial charge in [0.15, 0.2) is 5.82 Å². The van der Waals surface area contributed by atoms with Gasteiger partial charge in [-0.05, 0) is 61.7 Å². The second kappa shape index (κ2) is 7.89.